The Kier molecular flexibility index (Phi) is 4.50. The van der Waals surface area contributed by atoms with Gasteiger partial charge in [0.1, 0.15) is 0 Å². The highest BCUT2D eigenvalue weighted by Crippen LogP contribution is 2.42. The predicted octanol–water partition coefficient (Wildman–Crippen LogP) is 2.71. The summed E-state index contributed by atoms with van der Waals surface area (Å²) < 4.78 is 0. The van der Waals surface area contributed by atoms with Gasteiger partial charge in [-0.1, -0.05) is 37.1 Å². The molecule has 21 heavy (non-hydrogen) atoms. The van der Waals surface area contributed by atoms with Crippen molar-refractivity contribution in [3.63, 3.8) is 0 Å². The maximum absolute atomic E-state index is 12.9. The van der Waals surface area contributed by atoms with Gasteiger partial charge in [0.2, 0.25) is 5.91 Å². The number of anilines is 1. The SMILES string of the molecule is CCC1(C(=O)N(C)c2cccc(/C(N)=N/O)c2)CCCC1. The number of nitrogens with two attached hydrogens (primary N) is 1. The molecule has 2 rings (SSSR count). The summed E-state index contributed by atoms with van der Waals surface area (Å²) in [5.41, 5.74) is 6.76. The molecule has 0 heterocycles. The van der Waals surface area contributed by atoms with Crippen LogP contribution in [-0.4, -0.2) is 24.0 Å². The van der Waals surface area contributed by atoms with Crippen molar-refractivity contribution in [3.05, 3.63) is 29.8 Å². The third-order valence-corrected chi connectivity index (χ3v) is 4.63. The topological polar surface area (TPSA) is 78.9 Å². The first-order valence-electron chi connectivity index (χ1n) is 7.40. The van der Waals surface area contributed by atoms with E-state index in [2.05, 4.69) is 12.1 Å². The number of amides is 1. The molecule has 0 aromatic heterocycles. The fourth-order valence-corrected chi connectivity index (χ4v) is 3.18. The van der Waals surface area contributed by atoms with E-state index in [1.54, 1.807) is 30.1 Å². The molecular formula is C16H23N3O2. The van der Waals surface area contributed by atoms with Crippen molar-refractivity contribution in [2.75, 3.05) is 11.9 Å². The first-order valence-corrected chi connectivity index (χ1v) is 7.40. The average Bonchev–Trinajstić information content (AvgIpc) is 3.03. The van der Waals surface area contributed by atoms with Crippen LogP contribution >= 0.6 is 0 Å². The minimum atomic E-state index is -0.221. The second-order valence-corrected chi connectivity index (χ2v) is 5.74. The number of carbonyl (C=O) groups excluding carboxylic acids is 1. The molecule has 1 saturated carbocycles. The van der Waals surface area contributed by atoms with Crippen molar-refractivity contribution >= 4 is 17.4 Å². The van der Waals surface area contributed by atoms with E-state index in [0.29, 0.717) is 5.56 Å². The van der Waals surface area contributed by atoms with E-state index in [0.717, 1.165) is 37.8 Å². The van der Waals surface area contributed by atoms with Crippen molar-refractivity contribution in [1.29, 1.82) is 0 Å². The van der Waals surface area contributed by atoms with E-state index in [1.165, 1.54) is 0 Å². The van der Waals surface area contributed by atoms with Gasteiger partial charge in [0, 0.05) is 23.7 Å². The number of hydrogen-bond donors (Lipinski definition) is 2. The van der Waals surface area contributed by atoms with Crippen LogP contribution in [0, 0.1) is 5.41 Å². The molecule has 0 atom stereocenters. The number of nitrogens with zero attached hydrogens (tertiary/aromatic N) is 2. The lowest BCUT2D eigenvalue weighted by molar-refractivity contribution is -0.127. The van der Waals surface area contributed by atoms with E-state index in [1.807, 2.05) is 6.07 Å². The monoisotopic (exact) mass is 289 g/mol. The van der Waals surface area contributed by atoms with Crippen LogP contribution in [0.4, 0.5) is 5.69 Å². The van der Waals surface area contributed by atoms with Crippen LogP contribution in [0.1, 0.15) is 44.6 Å². The molecule has 5 heteroatoms. The van der Waals surface area contributed by atoms with E-state index < -0.39 is 0 Å². The predicted molar refractivity (Wildman–Crippen MR) is 83.6 cm³/mol. The molecule has 0 radical (unpaired) electrons. The Balaban J connectivity index is 2.27. The van der Waals surface area contributed by atoms with Gasteiger partial charge < -0.3 is 15.8 Å². The van der Waals surface area contributed by atoms with Crippen LogP contribution < -0.4 is 10.6 Å². The number of hydrogen-bond acceptors (Lipinski definition) is 3. The summed E-state index contributed by atoms with van der Waals surface area (Å²) in [5.74, 6) is 0.211. The smallest absolute Gasteiger partial charge is 0.232 e. The number of benzene rings is 1. The summed E-state index contributed by atoms with van der Waals surface area (Å²) in [6.07, 6.45) is 5.05. The molecule has 0 bridgehead atoms. The van der Waals surface area contributed by atoms with Crippen molar-refractivity contribution in [3.8, 4) is 0 Å². The molecule has 1 aromatic rings. The number of carbonyl (C=O) groups is 1. The highest BCUT2D eigenvalue weighted by molar-refractivity contribution is 6.01. The second kappa shape index (κ2) is 6.16. The molecule has 1 aromatic carbocycles. The summed E-state index contributed by atoms with van der Waals surface area (Å²) in [7, 11) is 1.80. The highest BCUT2D eigenvalue weighted by Gasteiger charge is 2.41. The molecule has 3 N–H and O–H groups in total. The Bertz CT molecular complexity index is 548. The Labute approximate surface area is 125 Å². The summed E-state index contributed by atoms with van der Waals surface area (Å²) in [5, 5.41) is 11.8. The Morgan fingerprint density at radius 2 is 2.10 bits per heavy atom. The Morgan fingerprint density at radius 1 is 1.43 bits per heavy atom. The Morgan fingerprint density at radius 3 is 2.67 bits per heavy atom. The summed E-state index contributed by atoms with van der Waals surface area (Å²) in [6.45, 7) is 2.09. The lowest BCUT2D eigenvalue weighted by atomic mass is 9.82. The molecule has 1 fully saturated rings. The second-order valence-electron chi connectivity index (χ2n) is 5.74. The number of oxime groups is 1. The fraction of sp³-hybridized carbons (Fsp3) is 0.500. The summed E-state index contributed by atoms with van der Waals surface area (Å²) in [4.78, 5) is 14.6. The first-order chi connectivity index (χ1) is 10.0. The van der Waals surface area contributed by atoms with Gasteiger partial charge in [0.15, 0.2) is 5.84 Å². The van der Waals surface area contributed by atoms with Gasteiger partial charge in [-0.2, -0.15) is 0 Å². The summed E-state index contributed by atoms with van der Waals surface area (Å²) in [6, 6.07) is 7.19. The highest BCUT2D eigenvalue weighted by atomic mass is 16.4. The molecule has 0 unspecified atom stereocenters. The molecule has 114 valence electrons. The van der Waals surface area contributed by atoms with Gasteiger partial charge in [0.05, 0.1) is 0 Å². The molecule has 1 aliphatic carbocycles. The zero-order chi connectivity index (χ0) is 15.5. The van der Waals surface area contributed by atoms with E-state index >= 15 is 0 Å². The lowest BCUT2D eigenvalue weighted by Crippen LogP contribution is -2.40. The van der Waals surface area contributed by atoms with Crippen molar-refractivity contribution in [2.45, 2.75) is 39.0 Å². The van der Waals surface area contributed by atoms with Crippen LogP contribution in [0.2, 0.25) is 0 Å². The third kappa shape index (κ3) is 2.86. The van der Waals surface area contributed by atoms with Gasteiger partial charge in [-0.15, -0.1) is 0 Å². The molecule has 0 aliphatic heterocycles. The lowest BCUT2D eigenvalue weighted by Gasteiger charge is -2.31. The zero-order valence-corrected chi connectivity index (χ0v) is 12.7. The van der Waals surface area contributed by atoms with Crippen LogP contribution in [-0.2, 0) is 4.79 Å². The maximum Gasteiger partial charge on any atom is 0.232 e. The van der Waals surface area contributed by atoms with Gasteiger partial charge in [-0.25, -0.2) is 0 Å². The van der Waals surface area contributed by atoms with Crippen LogP contribution in [0.3, 0.4) is 0 Å². The van der Waals surface area contributed by atoms with Crippen LogP contribution in [0.5, 0.6) is 0 Å². The molecule has 0 saturated heterocycles. The Hall–Kier alpha value is -2.04. The van der Waals surface area contributed by atoms with Crippen molar-refractivity contribution < 1.29 is 10.0 Å². The average molecular weight is 289 g/mol. The molecule has 5 nitrogen and oxygen atoms in total. The van der Waals surface area contributed by atoms with Crippen molar-refractivity contribution in [1.82, 2.24) is 0 Å². The molecular weight excluding hydrogens is 266 g/mol. The van der Waals surface area contributed by atoms with Crippen LogP contribution in [0.15, 0.2) is 29.4 Å². The van der Waals surface area contributed by atoms with Crippen molar-refractivity contribution in [2.24, 2.45) is 16.3 Å². The number of amidine groups is 1. The van der Waals surface area contributed by atoms with Gasteiger partial charge in [-0.3, -0.25) is 4.79 Å². The quantitative estimate of drug-likeness (QED) is 0.387. The summed E-state index contributed by atoms with van der Waals surface area (Å²) >= 11 is 0. The third-order valence-electron chi connectivity index (χ3n) is 4.63. The van der Waals surface area contributed by atoms with E-state index in [9.17, 15) is 4.79 Å². The standard InChI is InChI=1S/C16H23N3O2/c1-3-16(9-4-5-10-16)15(20)19(2)13-8-6-7-12(11-13)14(17)18-21/h6-8,11,21H,3-5,9-10H2,1-2H3,(H2,17,18). The van der Waals surface area contributed by atoms with Crippen LogP contribution in [0.25, 0.3) is 0 Å². The number of rotatable bonds is 4. The minimum absolute atomic E-state index is 0.0452. The maximum atomic E-state index is 12.9. The molecule has 0 spiro atoms. The zero-order valence-electron chi connectivity index (χ0n) is 12.7. The first kappa shape index (κ1) is 15.4. The van der Waals surface area contributed by atoms with E-state index in [-0.39, 0.29) is 17.2 Å². The normalized spacial score (nSPS) is 17.7. The fourth-order valence-electron chi connectivity index (χ4n) is 3.18. The molecule has 1 amide bonds. The minimum Gasteiger partial charge on any atom is -0.409 e. The van der Waals surface area contributed by atoms with Gasteiger partial charge in [-0.05, 0) is 31.4 Å². The van der Waals surface area contributed by atoms with Gasteiger partial charge >= 0.3 is 0 Å². The largest absolute Gasteiger partial charge is 0.409 e. The van der Waals surface area contributed by atoms with E-state index in [4.69, 9.17) is 10.9 Å². The van der Waals surface area contributed by atoms with Gasteiger partial charge in [0.25, 0.3) is 0 Å². The molecule has 1 aliphatic rings.